The Hall–Kier alpha value is -2.55. The van der Waals surface area contributed by atoms with Crippen LogP contribution in [-0.4, -0.2) is 31.5 Å². The van der Waals surface area contributed by atoms with Crippen LogP contribution in [0.2, 0.25) is 0 Å². The van der Waals surface area contributed by atoms with E-state index in [1.165, 1.54) is 0 Å². The van der Waals surface area contributed by atoms with E-state index in [1.54, 1.807) is 38.1 Å². The van der Waals surface area contributed by atoms with Gasteiger partial charge in [-0.15, -0.1) is 0 Å². The van der Waals surface area contributed by atoms with Crippen LogP contribution in [0.1, 0.15) is 19.4 Å². The SMILES string of the molecule is CC(C)C(=O)NCCNC(=O)COc1ccccc1C#N. The van der Waals surface area contributed by atoms with E-state index in [9.17, 15) is 9.59 Å². The van der Waals surface area contributed by atoms with Crippen molar-refractivity contribution in [2.75, 3.05) is 19.7 Å². The smallest absolute Gasteiger partial charge is 0.258 e. The van der Waals surface area contributed by atoms with Gasteiger partial charge >= 0.3 is 0 Å². The number of carbonyl (C=O) groups excluding carboxylic acids is 2. The van der Waals surface area contributed by atoms with Crippen molar-refractivity contribution in [2.45, 2.75) is 13.8 Å². The summed E-state index contributed by atoms with van der Waals surface area (Å²) in [7, 11) is 0. The first-order valence-corrected chi connectivity index (χ1v) is 6.71. The summed E-state index contributed by atoms with van der Waals surface area (Å²) in [6.45, 7) is 4.14. The van der Waals surface area contributed by atoms with E-state index >= 15 is 0 Å². The summed E-state index contributed by atoms with van der Waals surface area (Å²) in [4.78, 5) is 22.9. The zero-order valence-electron chi connectivity index (χ0n) is 12.2. The molecule has 0 fully saturated rings. The van der Waals surface area contributed by atoms with Gasteiger partial charge in [-0.05, 0) is 12.1 Å². The van der Waals surface area contributed by atoms with E-state index < -0.39 is 0 Å². The van der Waals surface area contributed by atoms with Gasteiger partial charge in [0, 0.05) is 19.0 Å². The molecule has 0 unspecified atom stereocenters. The van der Waals surface area contributed by atoms with Gasteiger partial charge in [-0.2, -0.15) is 5.26 Å². The summed E-state index contributed by atoms with van der Waals surface area (Å²) in [5, 5.41) is 14.2. The fourth-order valence-electron chi connectivity index (χ4n) is 1.47. The van der Waals surface area contributed by atoms with Crippen LogP contribution < -0.4 is 15.4 Å². The van der Waals surface area contributed by atoms with Gasteiger partial charge in [-0.1, -0.05) is 26.0 Å². The second kappa shape index (κ2) is 8.59. The summed E-state index contributed by atoms with van der Waals surface area (Å²) >= 11 is 0. The molecule has 0 spiro atoms. The van der Waals surface area contributed by atoms with Crippen molar-refractivity contribution in [3.8, 4) is 11.8 Å². The van der Waals surface area contributed by atoms with Crippen molar-refractivity contribution >= 4 is 11.8 Å². The van der Waals surface area contributed by atoms with E-state index in [0.29, 0.717) is 24.4 Å². The van der Waals surface area contributed by atoms with E-state index in [2.05, 4.69) is 10.6 Å². The van der Waals surface area contributed by atoms with E-state index in [-0.39, 0.29) is 24.3 Å². The fraction of sp³-hybridized carbons (Fsp3) is 0.400. The van der Waals surface area contributed by atoms with Gasteiger partial charge in [0.25, 0.3) is 5.91 Å². The predicted octanol–water partition coefficient (Wildman–Crippen LogP) is 0.825. The third-order valence-corrected chi connectivity index (χ3v) is 2.64. The largest absolute Gasteiger partial charge is 0.482 e. The zero-order chi connectivity index (χ0) is 15.7. The molecular formula is C15H19N3O3. The third kappa shape index (κ3) is 5.95. The molecule has 0 aliphatic carbocycles. The highest BCUT2D eigenvalue weighted by Gasteiger charge is 2.07. The van der Waals surface area contributed by atoms with Gasteiger partial charge in [-0.3, -0.25) is 9.59 Å². The summed E-state index contributed by atoms with van der Waals surface area (Å²) in [5.74, 6) is -0.0558. The van der Waals surface area contributed by atoms with Crippen LogP contribution in [0, 0.1) is 17.2 Å². The molecule has 0 aliphatic heterocycles. The van der Waals surface area contributed by atoms with Gasteiger partial charge in [-0.25, -0.2) is 0 Å². The Bertz CT molecular complexity index is 535. The molecule has 0 atom stereocenters. The summed E-state index contributed by atoms with van der Waals surface area (Å²) in [5.41, 5.74) is 0.384. The Kier molecular flexibility index (Phi) is 6.75. The molecule has 0 saturated heterocycles. The molecule has 0 bridgehead atoms. The number of nitriles is 1. The highest BCUT2D eigenvalue weighted by molar-refractivity contribution is 5.78. The number of rotatable bonds is 7. The Labute approximate surface area is 124 Å². The van der Waals surface area contributed by atoms with Crippen molar-refractivity contribution in [1.29, 1.82) is 5.26 Å². The first-order valence-electron chi connectivity index (χ1n) is 6.71. The molecule has 0 heterocycles. The van der Waals surface area contributed by atoms with Crippen LogP contribution in [-0.2, 0) is 9.59 Å². The topological polar surface area (TPSA) is 91.2 Å². The van der Waals surface area contributed by atoms with E-state index in [4.69, 9.17) is 10.00 Å². The Balaban J connectivity index is 2.26. The summed E-state index contributed by atoms with van der Waals surface area (Å²) in [6.07, 6.45) is 0. The number of carbonyl (C=O) groups is 2. The van der Waals surface area contributed by atoms with Crippen molar-refractivity contribution in [3.05, 3.63) is 29.8 Å². The molecule has 0 aromatic heterocycles. The molecule has 0 saturated carbocycles. The van der Waals surface area contributed by atoms with E-state index in [1.807, 2.05) is 6.07 Å². The Morgan fingerprint density at radius 1 is 1.24 bits per heavy atom. The molecule has 6 nitrogen and oxygen atoms in total. The monoisotopic (exact) mass is 289 g/mol. The average molecular weight is 289 g/mol. The quantitative estimate of drug-likeness (QED) is 0.727. The normalized spacial score (nSPS) is 9.81. The van der Waals surface area contributed by atoms with Gasteiger partial charge < -0.3 is 15.4 Å². The molecule has 1 aromatic rings. The molecule has 2 amide bonds. The number of nitrogens with one attached hydrogen (secondary N) is 2. The number of hydrogen-bond acceptors (Lipinski definition) is 4. The van der Waals surface area contributed by atoms with Crippen LogP contribution in [0.3, 0.4) is 0 Å². The fourth-order valence-corrected chi connectivity index (χ4v) is 1.47. The standard InChI is InChI=1S/C15H19N3O3/c1-11(2)15(20)18-8-7-17-14(19)10-21-13-6-4-3-5-12(13)9-16/h3-6,11H,7-8,10H2,1-2H3,(H,17,19)(H,18,20). The van der Waals surface area contributed by atoms with Crippen LogP contribution in [0.4, 0.5) is 0 Å². The van der Waals surface area contributed by atoms with Crippen LogP contribution in [0.15, 0.2) is 24.3 Å². The molecule has 21 heavy (non-hydrogen) atoms. The van der Waals surface area contributed by atoms with Gasteiger partial charge in [0.1, 0.15) is 11.8 Å². The zero-order valence-corrected chi connectivity index (χ0v) is 12.2. The molecule has 1 aromatic carbocycles. The maximum atomic E-state index is 11.6. The molecule has 6 heteroatoms. The average Bonchev–Trinajstić information content (AvgIpc) is 2.49. The first kappa shape index (κ1) is 16.5. The predicted molar refractivity (Wildman–Crippen MR) is 77.5 cm³/mol. The number of para-hydroxylation sites is 1. The lowest BCUT2D eigenvalue weighted by Gasteiger charge is -2.10. The van der Waals surface area contributed by atoms with Gasteiger partial charge in [0.15, 0.2) is 6.61 Å². The van der Waals surface area contributed by atoms with Crippen LogP contribution in [0.25, 0.3) is 0 Å². The minimum absolute atomic E-state index is 0.0524. The minimum atomic E-state index is -0.304. The molecule has 112 valence electrons. The number of amides is 2. The van der Waals surface area contributed by atoms with Gasteiger partial charge in [0.2, 0.25) is 5.91 Å². The second-order valence-corrected chi connectivity index (χ2v) is 4.69. The summed E-state index contributed by atoms with van der Waals surface area (Å²) in [6, 6.07) is 8.70. The third-order valence-electron chi connectivity index (χ3n) is 2.64. The number of hydrogen-bond donors (Lipinski definition) is 2. The molecule has 1 rings (SSSR count). The highest BCUT2D eigenvalue weighted by atomic mass is 16.5. The number of ether oxygens (including phenoxy) is 1. The lowest BCUT2D eigenvalue weighted by molar-refractivity contribution is -0.125. The van der Waals surface area contributed by atoms with Crippen molar-refractivity contribution in [2.24, 2.45) is 5.92 Å². The molecule has 0 aliphatic rings. The first-order chi connectivity index (χ1) is 10.0. The van der Waals surface area contributed by atoms with Gasteiger partial charge in [0.05, 0.1) is 5.56 Å². The van der Waals surface area contributed by atoms with Crippen molar-refractivity contribution < 1.29 is 14.3 Å². The van der Waals surface area contributed by atoms with Crippen LogP contribution >= 0.6 is 0 Å². The number of nitrogens with zero attached hydrogens (tertiary/aromatic N) is 1. The molecule has 0 radical (unpaired) electrons. The summed E-state index contributed by atoms with van der Waals surface area (Å²) < 4.78 is 5.28. The van der Waals surface area contributed by atoms with Crippen LogP contribution in [0.5, 0.6) is 5.75 Å². The minimum Gasteiger partial charge on any atom is -0.482 e. The lowest BCUT2D eigenvalue weighted by atomic mass is 10.2. The molecule has 2 N–H and O–H groups in total. The maximum absolute atomic E-state index is 11.6. The Morgan fingerprint density at radius 3 is 2.57 bits per heavy atom. The molecular weight excluding hydrogens is 270 g/mol. The number of benzene rings is 1. The van der Waals surface area contributed by atoms with Crippen molar-refractivity contribution in [1.82, 2.24) is 10.6 Å². The highest BCUT2D eigenvalue weighted by Crippen LogP contribution is 2.15. The van der Waals surface area contributed by atoms with Crippen molar-refractivity contribution in [3.63, 3.8) is 0 Å². The maximum Gasteiger partial charge on any atom is 0.258 e. The lowest BCUT2D eigenvalue weighted by Crippen LogP contribution is -2.38. The second-order valence-electron chi connectivity index (χ2n) is 4.69. The van der Waals surface area contributed by atoms with E-state index in [0.717, 1.165) is 0 Å². The Morgan fingerprint density at radius 2 is 1.90 bits per heavy atom.